The van der Waals surface area contributed by atoms with Gasteiger partial charge in [0.25, 0.3) is 0 Å². The predicted octanol–water partition coefficient (Wildman–Crippen LogP) is 4.61. The molecule has 0 fully saturated rings. The number of nitrogens with one attached hydrogen (secondary N) is 1. The molecule has 0 saturated heterocycles. The molecule has 2 unspecified atom stereocenters. The number of hydrogen-bond donors (Lipinski definition) is 1. The normalized spacial score (nSPS) is 18.6. The molecule has 2 atom stereocenters. The van der Waals surface area contributed by atoms with E-state index in [4.69, 9.17) is 0 Å². The van der Waals surface area contributed by atoms with Gasteiger partial charge in [-0.1, -0.05) is 29.8 Å². The highest BCUT2D eigenvalue weighted by atomic mass is 19.1. The zero-order valence-electron chi connectivity index (χ0n) is 12.3. The summed E-state index contributed by atoms with van der Waals surface area (Å²) in [6.07, 6.45) is 1.99. The van der Waals surface area contributed by atoms with Crippen LogP contribution in [0.2, 0.25) is 0 Å². The molecule has 2 aromatic carbocycles. The Labute approximate surface area is 124 Å². The molecule has 0 spiro atoms. The second-order valence-corrected chi connectivity index (χ2v) is 5.82. The van der Waals surface area contributed by atoms with E-state index in [-0.39, 0.29) is 17.6 Å². The number of hydrogen-bond acceptors (Lipinski definition) is 1. The summed E-state index contributed by atoms with van der Waals surface area (Å²) in [7, 11) is 0. The molecule has 0 amide bonds. The zero-order valence-corrected chi connectivity index (χ0v) is 12.3. The molecule has 2 aromatic rings. The van der Waals surface area contributed by atoms with Crippen molar-refractivity contribution in [3.8, 4) is 0 Å². The van der Waals surface area contributed by atoms with Gasteiger partial charge in [0.15, 0.2) is 0 Å². The van der Waals surface area contributed by atoms with Crippen molar-refractivity contribution < 1.29 is 8.78 Å². The summed E-state index contributed by atoms with van der Waals surface area (Å²) in [6.45, 7) is 3.88. The number of aryl methyl sites for hydroxylation is 2. The fraction of sp³-hybridized carbons (Fsp3) is 0.333. The molecule has 0 aromatic heterocycles. The van der Waals surface area contributed by atoms with Crippen LogP contribution in [-0.2, 0) is 6.42 Å². The molecule has 0 heterocycles. The van der Waals surface area contributed by atoms with Gasteiger partial charge in [-0.2, -0.15) is 0 Å². The standard InChI is InChI=1S/C18H19F2N/c1-11-6-7-13-8-9-17(14(13)10-11)21-12(2)18-15(19)4-3-5-16(18)20/h3-7,10,12,17,21H,8-9H2,1-2H3. The second-order valence-electron chi connectivity index (χ2n) is 5.82. The van der Waals surface area contributed by atoms with Gasteiger partial charge >= 0.3 is 0 Å². The highest BCUT2D eigenvalue weighted by Crippen LogP contribution is 2.34. The largest absolute Gasteiger partial charge is 0.303 e. The maximum Gasteiger partial charge on any atom is 0.130 e. The number of fused-ring (bicyclic) bond motifs is 1. The average Bonchev–Trinajstić information content (AvgIpc) is 2.81. The Kier molecular flexibility index (Phi) is 3.77. The van der Waals surface area contributed by atoms with Gasteiger partial charge in [0.1, 0.15) is 11.6 Å². The van der Waals surface area contributed by atoms with Crippen LogP contribution in [0.5, 0.6) is 0 Å². The Morgan fingerprint density at radius 1 is 1.14 bits per heavy atom. The van der Waals surface area contributed by atoms with Crippen molar-refractivity contribution in [3.05, 3.63) is 70.3 Å². The Hall–Kier alpha value is -1.74. The van der Waals surface area contributed by atoms with Crippen LogP contribution in [0.25, 0.3) is 0 Å². The minimum Gasteiger partial charge on any atom is -0.303 e. The summed E-state index contributed by atoms with van der Waals surface area (Å²) in [5.41, 5.74) is 3.93. The van der Waals surface area contributed by atoms with E-state index >= 15 is 0 Å². The number of halogens is 2. The summed E-state index contributed by atoms with van der Waals surface area (Å²) < 4.78 is 27.7. The maximum atomic E-state index is 13.9. The van der Waals surface area contributed by atoms with Crippen molar-refractivity contribution in [1.29, 1.82) is 0 Å². The first kappa shape index (κ1) is 14.2. The SMILES string of the molecule is Cc1ccc2c(c1)C(NC(C)c1c(F)cccc1F)CC2. The first-order chi connectivity index (χ1) is 10.1. The van der Waals surface area contributed by atoms with E-state index in [0.717, 1.165) is 12.8 Å². The molecule has 0 saturated carbocycles. The highest BCUT2D eigenvalue weighted by Gasteiger charge is 2.25. The van der Waals surface area contributed by atoms with Crippen LogP contribution in [0.1, 0.15) is 47.7 Å². The van der Waals surface area contributed by atoms with Crippen LogP contribution in [0.15, 0.2) is 36.4 Å². The van der Waals surface area contributed by atoms with Crippen LogP contribution in [0.3, 0.4) is 0 Å². The van der Waals surface area contributed by atoms with Gasteiger partial charge in [-0.25, -0.2) is 8.78 Å². The summed E-state index contributed by atoms with van der Waals surface area (Å²) in [6, 6.07) is 10.3. The average molecular weight is 287 g/mol. The van der Waals surface area contributed by atoms with Crippen LogP contribution < -0.4 is 5.32 Å². The smallest absolute Gasteiger partial charge is 0.130 e. The third-order valence-corrected chi connectivity index (χ3v) is 4.26. The molecule has 1 aliphatic rings. The Balaban J connectivity index is 1.84. The second kappa shape index (κ2) is 5.57. The van der Waals surface area contributed by atoms with E-state index in [1.165, 1.54) is 34.9 Å². The van der Waals surface area contributed by atoms with E-state index in [2.05, 4.69) is 30.4 Å². The lowest BCUT2D eigenvalue weighted by Crippen LogP contribution is -2.24. The predicted molar refractivity (Wildman–Crippen MR) is 80.1 cm³/mol. The fourth-order valence-corrected chi connectivity index (χ4v) is 3.20. The molecule has 1 N–H and O–H groups in total. The first-order valence-electron chi connectivity index (χ1n) is 7.35. The molecular formula is C18H19F2N. The molecule has 0 radical (unpaired) electrons. The van der Waals surface area contributed by atoms with Gasteiger partial charge in [-0.3, -0.25) is 0 Å². The first-order valence-corrected chi connectivity index (χ1v) is 7.35. The van der Waals surface area contributed by atoms with Crippen LogP contribution >= 0.6 is 0 Å². The van der Waals surface area contributed by atoms with Gasteiger partial charge in [0, 0.05) is 17.6 Å². The molecule has 21 heavy (non-hydrogen) atoms. The van der Waals surface area contributed by atoms with Gasteiger partial charge in [-0.05, 0) is 49.9 Å². The quantitative estimate of drug-likeness (QED) is 0.869. The van der Waals surface area contributed by atoms with Crippen LogP contribution in [-0.4, -0.2) is 0 Å². The molecule has 1 aliphatic carbocycles. The maximum absolute atomic E-state index is 13.9. The third kappa shape index (κ3) is 2.70. The summed E-state index contributed by atoms with van der Waals surface area (Å²) in [5.74, 6) is -0.977. The van der Waals surface area contributed by atoms with Gasteiger partial charge < -0.3 is 5.32 Å². The van der Waals surface area contributed by atoms with Gasteiger partial charge in [0.2, 0.25) is 0 Å². The Morgan fingerprint density at radius 3 is 2.57 bits per heavy atom. The lowest BCUT2D eigenvalue weighted by molar-refractivity contribution is 0.431. The van der Waals surface area contributed by atoms with Gasteiger partial charge in [-0.15, -0.1) is 0 Å². The fourth-order valence-electron chi connectivity index (χ4n) is 3.20. The molecule has 3 rings (SSSR count). The monoisotopic (exact) mass is 287 g/mol. The zero-order chi connectivity index (χ0) is 15.0. The topological polar surface area (TPSA) is 12.0 Å². The summed E-state index contributed by atoms with van der Waals surface area (Å²) >= 11 is 0. The van der Waals surface area contributed by atoms with Crippen molar-refractivity contribution in [1.82, 2.24) is 5.32 Å². The van der Waals surface area contributed by atoms with Crippen molar-refractivity contribution >= 4 is 0 Å². The third-order valence-electron chi connectivity index (χ3n) is 4.26. The molecular weight excluding hydrogens is 268 g/mol. The minimum atomic E-state index is -0.488. The van der Waals surface area contributed by atoms with Crippen LogP contribution in [0, 0.1) is 18.6 Å². The Bertz CT molecular complexity index is 646. The number of benzene rings is 2. The van der Waals surface area contributed by atoms with Gasteiger partial charge in [0.05, 0.1) is 0 Å². The Morgan fingerprint density at radius 2 is 1.86 bits per heavy atom. The minimum absolute atomic E-state index is 0.124. The van der Waals surface area contributed by atoms with Crippen LogP contribution in [0.4, 0.5) is 8.78 Å². The molecule has 110 valence electrons. The lowest BCUT2D eigenvalue weighted by atomic mass is 10.0. The summed E-state index contributed by atoms with van der Waals surface area (Å²) in [4.78, 5) is 0. The lowest BCUT2D eigenvalue weighted by Gasteiger charge is -2.22. The van der Waals surface area contributed by atoms with E-state index in [0.29, 0.717) is 0 Å². The number of rotatable bonds is 3. The van der Waals surface area contributed by atoms with Crippen molar-refractivity contribution in [2.24, 2.45) is 0 Å². The van der Waals surface area contributed by atoms with Crippen molar-refractivity contribution in [2.75, 3.05) is 0 Å². The molecule has 3 heteroatoms. The highest BCUT2D eigenvalue weighted by molar-refractivity contribution is 5.38. The molecule has 0 aliphatic heterocycles. The summed E-state index contributed by atoms with van der Waals surface area (Å²) in [5, 5.41) is 3.38. The molecule has 1 nitrogen and oxygen atoms in total. The van der Waals surface area contributed by atoms with Crippen molar-refractivity contribution in [3.63, 3.8) is 0 Å². The van der Waals surface area contributed by atoms with E-state index < -0.39 is 11.6 Å². The van der Waals surface area contributed by atoms with E-state index in [1.807, 2.05) is 6.92 Å². The van der Waals surface area contributed by atoms with E-state index in [9.17, 15) is 8.78 Å². The molecule has 0 bridgehead atoms. The van der Waals surface area contributed by atoms with Crippen molar-refractivity contribution in [2.45, 2.75) is 38.8 Å². The van der Waals surface area contributed by atoms with E-state index in [1.54, 1.807) is 0 Å².